The van der Waals surface area contributed by atoms with Gasteiger partial charge in [-0.2, -0.15) is 0 Å². The third kappa shape index (κ3) is 15.8. The van der Waals surface area contributed by atoms with Crippen LogP contribution in [0.25, 0.3) is 0 Å². The molecule has 0 aliphatic heterocycles. The predicted octanol–water partition coefficient (Wildman–Crippen LogP) is 14.6. The van der Waals surface area contributed by atoms with Crippen LogP contribution in [0.1, 0.15) is 219 Å². The Kier molecular flexibility index (Phi) is 26.8. The molecule has 53 heavy (non-hydrogen) atoms. The van der Waals surface area contributed by atoms with Gasteiger partial charge in [0.25, 0.3) is 0 Å². The third-order valence-corrected chi connectivity index (χ3v) is 24.2. The van der Waals surface area contributed by atoms with Gasteiger partial charge >= 0.3 is 0 Å². The molecular weight excluding hydrogens is 776 g/mol. The van der Waals surface area contributed by atoms with E-state index in [1.807, 2.05) is 0 Å². The molecule has 0 amide bonds. The molecule has 0 aromatic heterocycles. The first kappa shape index (κ1) is 56.5. The molecule has 0 bridgehead atoms. The monoisotopic (exact) mass is 870 g/mol. The molecule has 0 heterocycles. The fraction of sp³-hybridized carbons (Fsp3) is 1.00. The Labute approximate surface area is 354 Å². The van der Waals surface area contributed by atoms with Crippen molar-refractivity contribution in [2.75, 3.05) is 26.2 Å². The summed E-state index contributed by atoms with van der Waals surface area (Å²) in [5.41, 5.74) is 0.582. The zero-order valence-electron chi connectivity index (χ0n) is 36.6. The summed E-state index contributed by atoms with van der Waals surface area (Å²) in [6, 6.07) is 0. The van der Waals surface area contributed by atoms with Gasteiger partial charge in [0.05, 0.1) is 0 Å². The molecule has 4 nitrogen and oxygen atoms in total. The molecule has 4 atom stereocenters. The Morgan fingerprint density at radius 2 is 0.755 bits per heavy atom. The van der Waals surface area contributed by atoms with Crippen LogP contribution in [0.2, 0.25) is 0 Å². The van der Waals surface area contributed by atoms with E-state index in [2.05, 4.69) is 88.0 Å². The summed E-state index contributed by atoms with van der Waals surface area (Å²) in [7, 11) is -5.01. The van der Waals surface area contributed by atoms with Crippen molar-refractivity contribution in [3.63, 3.8) is 0 Å². The molecule has 4 aliphatic rings. The molecule has 0 aromatic carbocycles. The number of rotatable bonds is 12. The number of unbranched alkanes of at least 4 members (excludes halogenated alkanes) is 3. The van der Waals surface area contributed by atoms with Gasteiger partial charge in [0.1, 0.15) is 14.3 Å². The van der Waals surface area contributed by atoms with Crippen molar-refractivity contribution in [2.45, 2.75) is 251 Å². The molecule has 0 saturated heterocycles. The van der Waals surface area contributed by atoms with Crippen LogP contribution >= 0.6 is 14.3 Å². The summed E-state index contributed by atoms with van der Waals surface area (Å²) in [5.74, 6) is 0.942. The summed E-state index contributed by atoms with van der Waals surface area (Å²) >= 11 is 0. The average Bonchev–Trinajstić information content (AvgIpc) is 3.84. The number of hydrogen-bond donors (Lipinski definition) is 1. The second-order valence-corrected chi connectivity index (χ2v) is 30.3. The maximum Gasteiger partial charge on any atom is 0.101 e. The van der Waals surface area contributed by atoms with Crippen molar-refractivity contribution in [1.82, 2.24) is 4.90 Å². The van der Waals surface area contributed by atoms with Crippen LogP contribution in [-0.4, -0.2) is 68.2 Å². The fourth-order valence-corrected chi connectivity index (χ4v) is 21.7. The van der Waals surface area contributed by atoms with Crippen LogP contribution in [0, 0.1) is 11.8 Å². The zero-order valence-corrected chi connectivity index (χ0v) is 40.6. The minimum absolute atomic E-state index is 0. The van der Waals surface area contributed by atoms with E-state index in [-0.39, 0.29) is 68.8 Å². The Hall–Kier alpha value is 1.42. The van der Waals surface area contributed by atoms with Gasteiger partial charge in [-0.25, -0.2) is 0 Å². The summed E-state index contributed by atoms with van der Waals surface area (Å²) in [6.07, 6.45) is 26.2. The van der Waals surface area contributed by atoms with Gasteiger partial charge in [-0.1, -0.05) is 180 Å². The standard InChI is InChI=1S/C34H69NO3P2.2C5H10.CH4.2Fe/c1-31(2,3)39(37,32(4,5)6)29-21-17-19-27(29)25-35(23-15-13-14-16-24-36)26-28-20-18-22-30(28)40(38,33(7,8)9)34(10,11)12;2*1-2-4-5-3-1;;;/h27-30,36H,13-26H2,1-12H3;2*1-5H2;1H4;;. The van der Waals surface area contributed by atoms with Crippen molar-refractivity contribution in [3.8, 4) is 0 Å². The molecule has 322 valence electrons. The van der Waals surface area contributed by atoms with E-state index in [4.69, 9.17) is 0 Å². The smallest absolute Gasteiger partial charge is 0.101 e. The SMILES string of the molecule is C.C1CCCC1.C1CCCC1.CC(C)(C)P(=O)(C1CCCC1CN(CCCCCCO)CC1CCCC1P(=O)(C(C)(C)C)C(C)(C)C)C(C)(C)C.[Fe].[Fe]. The van der Waals surface area contributed by atoms with Crippen LogP contribution in [0.15, 0.2) is 0 Å². The number of hydrogen-bond acceptors (Lipinski definition) is 4. The molecule has 0 radical (unpaired) electrons. The summed E-state index contributed by atoms with van der Waals surface area (Å²) < 4.78 is 30.1. The van der Waals surface area contributed by atoms with Crippen molar-refractivity contribution in [2.24, 2.45) is 11.8 Å². The molecule has 0 aromatic rings. The molecule has 0 spiro atoms. The Balaban J connectivity index is 0. The molecule has 4 aliphatic carbocycles. The van der Waals surface area contributed by atoms with E-state index in [0.29, 0.717) is 23.2 Å². The number of aliphatic hydroxyl groups excluding tert-OH is 1. The van der Waals surface area contributed by atoms with Crippen LogP contribution in [0.4, 0.5) is 0 Å². The van der Waals surface area contributed by atoms with Crippen molar-refractivity contribution >= 4 is 14.3 Å². The maximum absolute atomic E-state index is 15.1. The number of aliphatic hydroxyl groups is 1. The van der Waals surface area contributed by atoms with E-state index in [9.17, 15) is 5.11 Å². The summed E-state index contributed by atoms with van der Waals surface area (Å²) in [4.78, 5) is 2.72. The van der Waals surface area contributed by atoms with Gasteiger partial charge in [-0.15, -0.1) is 0 Å². The largest absolute Gasteiger partial charge is 0.396 e. The van der Waals surface area contributed by atoms with Crippen LogP contribution in [-0.2, 0) is 43.3 Å². The Morgan fingerprint density at radius 1 is 0.472 bits per heavy atom. The van der Waals surface area contributed by atoms with E-state index in [1.165, 1.54) is 89.9 Å². The van der Waals surface area contributed by atoms with Gasteiger partial charge in [0.2, 0.25) is 0 Å². The van der Waals surface area contributed by atoms with E-state index < -0.39 is 14.3 Å². The Morgan fingerprint density at radius 3 is 1.02 bits per heavy atom. The first-order valence-corrected chi connectivity index (χ1v) is 25.2. The van der Waals surface area contributed by atoms with E-state index in [0.717, 1.165) is 58.2 Å². The minimum atomic E-state index is -2.51. The average molecular weight is 870 g/mol. The van der Waals surface area contributed by atoms with Crippen molar-refractivity contribution < 1.29 is 48.4 Å². The molecule has 4 saturated carbocycles. The van der Waals surface area contributed by atoms with Gasteiger partial charge in [-0.05, 0) is 56.9 Å². The normalized spacial score (nSPS) is 24.0. The zero-order chi connectivity index (χ0) is 37.9. The van der Waals surface area contributed by atoms with Crippen LogP contribution in [0.3, 0.4) is 0 Å². The summed E-state index contributed by atoms with van der Waals surface area (Å²) in [5, 5.41) is 8.47. The first-order chi connectivity index (χ1) is 23.1. The topological polar surface area (TPSA) is 57.6 Å². The molecular formula is C45H93Fe2NO3P2. The predicted molar refractivity (Wildman–Crippen MR) is 231 cm³/mol. The Bertz CT molecular complexity index is 921. The second kappa shape index (κ2) is 25.1. The van der Waals surface area contributed by atoms with Gasteiger partial charge < -0.3 is 19.1 Å². The van der Waals surface area contributed by atoms with Crippen molar-refractivity contribution in [3.05, 3.63) is 0 Å². The van der Waals surface area contributed by atoms with Crippen LogP contribution in [0.5, 0.6) is 0 Å². The van der Waals surface area contributed by atoms with Gasteiger partial charge in [-0.3, -0.25) is 0 Å². The molecule has 4 unspecified atom stereocenters. The first-order valence-electron chi connectivity index (χ1n) is 21.7. The van der Waals surface area contributed by atoms with Gasteiger partial charge in [0, 0.05) is 85.8 Å². The van der Waals surface area contributed by atoms with Gasteiger partial charge in [0.15, 0.2) is 0 Å². The summed E-state index contributed by atoms with van der Waals surface area (Å²) in [6.45, 7) is 30.0. The van der Waals surface area contributed by atoms with E-state index >= 15 is 9.13 Å². The van der Waals surface area contributed by atoms with Crippen molar-refractivity contribution in [1.29, 1.82) is 0 Å². The fourth-order valence-electron chi connectivity index (χ4n) is 10.9. The van der Waals surface area contributed by atoms with Crippen LogP contribution < -0.4 is 0 Å². The molecule has 1 N–H and O–H groups in total. The quantitative estimate of drug-likeness (QED) is 0.121. The third-order valence-electron chi connectivity index (χ3n) is 13.0. The molecule has 8 heteroatoms. The maximum atomic E-state index is 15.1. The minimum Gasteiger partial charge on any atom is -0.396 e. The number of nitrogens with zero attached hydrogens (tertiary/aromatic N) is 1. The van der Waals surface area contributed by atoms with E-state index in [1.54, 1.807) is 0 Å². The molecule has 4 rings (SSSR count). The second-order valence-electron chi connectivity index (χ2n) is 20.9. The molecule has 4 fully saturated rings.